The average molecular weight is 316 g/mol. The standard InChI is InChI=1S/C16H10F2N2OS/c17-11-7-4-8-12(18)13(11)20-16(21)14-15(22-9-19-14)10-5-2-1-3-6-10/h1-9H,(H,20,21). The van der Waals surface area contributed by atoms with E-state index in [0.29, 0.717) is 4.88 Å². The van der Waals surface area contributed by atoms with Crippen molar-refractivity contribution in [1.29, 1.82) is 0 Å². The smallest absolute Gasteiger partial charge is 0.275 e. The Morgan fingerprint density at radius 2 is 1.68 bits per heavy atom. The van der Waals surface area contributed by atoms with E-state index < -0.39 is 23.2 Å². The number of anilines is 1. The highest BCUT2D eigenvalue weighted by Gasteiger charge is 2.19. The van der Waals surface area contributed by atoms with Crippen LogP contribution in [0, 0.1) is 11.6 Å². The second kappa shape index (κ2) is 6.03. The summed E-state index contributed by atoms with van der Waals surface area (Å²) in [6.45, 7) is 0. The summed E-state index contributed by atoms with van der Waals surface area (Å²) in [6, 6.07) is 12.6. The van der Waals surface area contributed by atoms with Crippen LogP contribution in [0.15, 0.2) is 54.0 Å². The van der Waals surface area contributed by atoms with Crippen LogP contribution in [0.5, 0.6) is 0 Å². The number of amides is 1. The van der Waals surface area contributed by atoms with Crippen LogP contribution in [-0.4, -0.2) is 10.9 Å². The molecule has 110 valence electrons. The summed E-state index contributed by atoms with van der Waals surface area (Å²) in [4.78, 5) is 16.9. The van der Waals surface area contributed by atoms with Crippen molar-refractivity contribution in [2.75, 3.05) is 5.32 Å². The van der Waals surface area contributed by atoms with Crippen molar-refractivity contribution >= 4 is 22.9 Å². The van der Waals surface area contributed by atoms with Gasteiger partial charge >= 0.3 is 0 Å². The van der Waals surface area contributed by atoms with Crippen molar-refractivity contribution in [3.63, 3.8) is 0 Å². The first-order valence-electron chi connectivity index (χ1n) is 6.41. The highest BCUT2D eigenvalue weighted by Crippen LogP contribution is 2.28. The van der Waals surface area contributed by atoms with Gasteiger partial charge in [-0.3, -0.25) is 4.79 Å². The maximum atomic E-state index is 13.6. The summed E-state index contributed by atoms with van der Waals surface area (Å²) in [5.41, 5.74) is 2.01. The maximum absolute atomic E-state index is 13.6. The third-order valence-corrected chi connectivity index (χ3v) is 3.90. The third kappa shape index (κ3) is 2.73. The fraction of sp³-hybridized carbons (Fsp3) is 0. The number of nitrogens with zero attached hydrogens (tertiary/aromatic N) is 1. The van der Waals surface area contributed by atoms with Crippen molar-refractivity contribution < 1.29 is 13.6 Å². The van der Waals surface area contributed by atoms with E-state index in [9.17, 15) is 13.6 Å². The van der Waals surface area contributed by atoms with Crippen LogP contribution in [0.3, 0.4) is 0 Å². The molecule has 1 amide bonds. The molecule has 1 N–H and O–H groups in total. The quantitative estimate of drug-likeness (QED) is 0.781. The maximum Gasteiger partial charge on any atom is 0.275 e. The summed E-state index contributed by atoms with van der Waals surface area (Å²) in [5.74, 6) is -2.31. The van der Waals surface area contributed by atoms with E-state index in [1.807, 2.05) is 30.3 Å². The number of rotatable bonds is 3. The van der Waals surface area contributed by atoms with Gasteiger partial charge in [0.05, 0.1) is 10.4 Å². The van der Waals surface area contributed by atoms with Crippen molar-refractivity contribution in [2.45, 2.75) is 0 Å². The minimum Gasteiger partial charge on any atom is -0.316 e. The SMILES string of the molecule is O=C(Nc1c(F)cccc1F)c1ncsc1-c1ccccc1. The van der Waals surface area contributed by atoms with Gasteiger partial charge in [0.15, 0.2) is 0 Å². The fourth-order valence-electron chi connectivity index (χ4n) is 1.99. The van der Waals surface area contributed by atoms with E-state index in [0.717, 1.165) is 17.7 Å². The Labute approximate surface area is 129 Å². The monoisotopic (exact) mass is 316 g/mol. The number of benzene rings is 2. The second-order valence-corrected chi connectivity index (χ2v) is 5.30. The Bertz CT molecular complexity index is 798. The number of thiazole rings is 1. The molecule has 3 aromatic rings. The van der Waals surface area contributed by atoms with E-state index in [4.69, 9.17) is 0 Å². The number of para-hydroxylation sites is 1. The highest BCUT2D eigenvalue weighted by molar-refractivity contribution is 7.13. The predicted octanol–water partition coefficient (Wildman–Crippen LogP) is 4.34. The van der Waals surface area contributed by atoms with Gasteiger partial charge in [0.1, 0.15) is 23.0 Å². The number of hydrogen-bond acceptors (Lipinski definition) is 3. The molecular weight excluding hydrogens is 306 g/mol. The highest BCUT2D eigenvalue weighted by atomic mass is 32.1. The average Bonchev–Trinajstić information content (AvgIpc) is 3.01. The molecule has 1 heterocycles. The Balaban J connectivity index is 1.93. The van der Waals surface area contributed by atoms with Crippen LogP contribution in [0.1, 0.15) is 10.5 Å². The van der Waals surface area contributed by atoms with Gasteiger partial charge in [-0.25, -0.2) is 13.8 Å². The van der Waals surface area contributed by atoms with Gasteiger partial charge in [-0.15, -0.1) is 11.3 Å². The van der Waals surface area contributed by atoms with Gasteiger partial charge < -0.3 is 5.32 Å². The van der Waals surface area contributed by atoms with Gasteiger partial charge in [-0.1, -0.05) is 36.4 Å². The summed E-state index contributed by atoms with van der Waals surface area (Å²) >= 11 is 1.29. The molecule has 6 heteroatoms. The van der Waals surface area contributed by atoms with Gasteiger partial charge in [0, 0.05) is 0 Å². The number of carbonyl (C=O) groups excluding carboxylic acids is 1. The van der Waals surface area contributed by atoms with Gasteiger partial charge in [-0.05, 0) is 17.7 Å². The Morgan fingerprint density at radius 1 is 1.00 bits per heavy atom. The van der Waals surface area contributed by atoms with Crippen LogP contribution in [-0.2, 0) is 0 Å². The minimum absolute atomic E-state index is 0.138. The molecule has 0 fully saturated rings. The fourth-order valence-corrected chi connectivity index (χ4v) is 2.78. The molecule has 0 spiro atoms. The second-order valence-electron chi connectivity index (χ2n) is 4.45. The molecule has 0 saturated carbocycles. The van der Waals surface area contributed by atoms with Gasteiger partial charge in [0.25, 0.3) is 5.91 Å². The topological polar surface area (TPSA) is 42.0 Å². The number of carbonyl (C=O) groups is 1. The van der Waals surface area contributed by atoms with Crippen molar-refractivity contribution in [3.8, 4) is 10.4 Å². The van der Waals surface area contributed by atoms with E-state index in [1.165, 1.54) is 22.9 Å². The lowest BCUT2D eigenvalue weighted by Crippen LogP contribution is -2.15. The zero-order valence-electron chi connectivity index (χ0n) is 11.2. The van der Waals surface area contributed by atoms with E-state index >= 15 is 0 Å². The number of halogens is 2. The lowest BCUT2D eigenvalue weighted by molar-refractivity contribution is 0.102. The van der Waals surface area contributed by atoms with Crippen LogP contribution >= 0.6 is 11.3 Å². The molecule has 0 aliphatic heterocycles. The van der Waals surface area contributed by atoms with Crippen LogP contribution in [0.2, 0.25) is 0 Å². The molecule has 1 aromatic heterocycles. The van der Waals surface area contributed by atoms with Crippen LogP contribution in [0.4, 0.5) is 14.5 Å². The summed E-state index contributed by atoms with van der Waals surface area (Å²) in [5, 5.41) is 2.25. The molecule has 2 aromatic carbocycles. The van der Waals surface area contributed by atoms with Crippen LogP contribution in [0.25, 0.3) is 10.4 Å². The third-order valence-electron chi connectivity index (χ3n) is 3.02. The Morgan fingerprint density at radius 3 is 2.36 bits per heavy atom. The van der Waals surface area contributed by atoms with Crippen molar-refractivity contribution in [2.24, 2.45) is 0 Å². The molecule has 0 aliphatic rings. The first-order chi connectivity index (χ1) is 10.7. The number of nitrogens with one attached hydrogen (secondary N) is 1. The van der Waals surface area contributed by atoms with Gasteiger partial charge in [0.2, 0.25) is 0 Å². The molecule has 0 aliphatic carbocycles. The lowest BCUT2D eigenvalue weighted by Gasteiger charge is -2.07. The summed E-state index contributed by atoms with van der Waals surface area (Å²) in [7, 11) is 0. The summed E-state index contributed by atoms with van der Waals surface area (Å²) in [6.07, 6.45) is 0. The molecule has 3 nitrogen and oxygen atoms in total. The molecule has 0 radical (unpaired) electrons. The summed E-state index contributed by atoms with van der Waals surface area (Å²) < 4.78 is 27.2. The van der Waals surface area contributed by atoms with E-state index in [-0.39, 0.29) is 5.69 Å². The largest absolute Gasteiger partial charge is 0.316 e. The van der Waals surface area contributed by atoms with Gasteiger partial charge in [-0.2, -0.15) is 0 Å². The minimum atomic E-state index is -0.829. The predicted molar refractivity (Wildman–Crippen MR) is 81.9 cm³/mol. The zero-order valence-corrected chi connectivity index (χ0v) is 12.0. The molecule has 0 atom stereocenters. The Hall–Kier alpha value is -2.60. The van der Waals surface area contributed by atoms with Crippen molar-refractivity contribution in [3.05, 3.63) is 71.4 Å². The first-order valence-corrected chi connectivity index (χ1v) is 7.29. The molecule has 0 bridgehead atoms. The molecule has 0 saturated heterocycles. The zero-order chi connectivity index (χ0) is 15.5. The van der Waals surface area contributed by atoms with Crippen molar-refractivity contribution in [1.82, 2.24) is 4.98 Å². The number of hydrogen-bond donors (Lipinski definition) is 1. The number of aromatic nitrogens is 1. The molecule has 22 heavy (non-hydrogen) atoms. The molecule has 3 rings (SSSR count). The van der Waals surface area contributed by atoms with E-state index in [2.05, 4.69) is 10.3 Å². The molecule has 0 unspecified atom stereocenters. The lowest BCUT2D eigenvalue weighted by atomic mass is 10.1. The Kier molecular flexibility index (Phi) is 3.93. The first kappa shape index (κ1) is 14.3. The normalized spacial score (nSPS) is 10.5. The van der Waals surface area contributed by atoms with E-state index in [1.54, 1.807) is 0 Å². The van der Waals surface area contributed by atoms with Crippen LogP contribution < -0.4 is 5.32 Å². The molecular formula is C16H10F2N2OS.